The van der Waals surface area contributed by atoms with Gasteiger partial charge in [-0.25, -0.2) is 0 Å². The van der Waals surface area contributed by atoms with Crippen LogP contribution in [0.25, 0.3) is 0 Å². The number of aryl methyl sites for hydroxylation is 1. The fourth-order valence-electron chi connectivity index (χ4n) is 3.66. The van der Waals surface area contributed by atoms with Crippen LogP contribution >= 0.6 is 0 Å². The molecule has 0 atom stereocenters. The van der Waals surface area contributed by atoms with E-state index in [9.17, 15) is 8.42 Å². The minimum absolute atomic E-state index is 0.110. The Hall–Kier alpha value is -2.83. The first kappa shape index (κ1) is 21.4. The monoisotopic (exact) mass is 438 g/mol. The summed E-state index contributed by atoms with van der Waals surface area (Å²) in [5, 5.41) is 0. The molecule has 31 heavy (non-hydrogen) atoms. The third kappa shape index (κ3) is 5.27. The minimum atomic E-state index is -3.76. The van der Waals surface area contributed by atoms with Crippen molar-refractivity contribution in [2.45, 2.75) is 37.7 Å². The largest absolute Gasteiger partial charge is 0.493 e. The van der Waals surface area contributed by atoms with E-state index < -0.39 is 10.1 Å². The first-order chi connectivity index (χ1) is 15.0. The molecule has 0 radical (unpaired) electrons. The SMILES string of the molecule is Cc1ccc(S(=O)(=O)OCCCc2c(OCc3ccccc3)ccc3c2CCO3)cc1. The molecule has 162 valence electrons. The Labute approximate surface area is 183 Å². The van der Waals surface area contributed by atoms with Crippen molar-refractivity contribution in [3.63, 3.8) is 0 Å². The molecule has 6 heteroatoms. The smallest absolute Gasteiger partial charge is 0.296 e. The molecule has 0 aliphatic carbocycles. The van der Waals surface area contributed by atoms with Gasteiger partial charge in [-0.2, -0.15) is 8.42 Å². The molecule has 0 aromatic heterocycles. The fraction of sp³-hybridized carbons (Fsp3) is 0.280. The zero-order valence-electron chi connectivity index (χ0n) is 17.5. The average Bonchev–Trinajstić information content (AvgIpc) is 3.26. The highest BCUT2D eigenvalue weighted by Crippen LogP contribution is 2.35. The first-order valence-corrected chi connectivity index (χ1v) is 11.8. The summed E-state index contributed by atoms with van der Waals surface area (Å²) in [5.74, 6) is 1.70. The van der Waals surface area contributed by atoms with Gasteiger partial charge in [-0.05, 0) is 49.6 Å². The molecule has 0 fully saturated rings. The number of hydrogen-bond donors (Lipinski definition) is 0. The third-order valence-corrected chi connectivity index (χ3v) is 6.64. The van der Waals surface area contributed by atoms with E-state index >= 15 is 0 Å². The summed E-state index contributed by atoms with van der Waals surface area (Å²) in [7, 11) is -3.76. The molecule has 0 saturated heterocycles. The molecular formula is C25H26O5S. The van der Waals surface area contributed by atoms with Gasteiger partial charge < -0.3 is 9.47 Å². The van der Waals surface area contributed by atoms with Gasteiger partial charge in [0.1, 0.15) is 18.1 Å². The van der Waals surface area contributed by atoms with Gasteiger partial charge in [-0.15, -0.1) is 0 Å². The number of rotatable bonds is 9. The predicted molar refractivity (Wildman–Crippen MR) is 119 cm³/mol. The number of hydrogen-bond acceptors (Lipinski definition) is 5. The van der Waals surface area contributed by atoms with Crippen molar-refractivity contribution < 1.29 is 22.1 Å². The molecular weight excluding hydrogens is 412 g/mol. The van der Waals surface area contributed by atoms with Gasteiger partial charge in [0.15, 0.2) is 0 Å². The average molecular weight is 439 g/mol. The highest BCUT2D eigenvalue weighted by Gasteiger charge is 2.21. The first-order valence-electron chi connectivity index (χ1n) is 10.4. The zero-order chi connectivity index (χ0) is 21.7. The van der Waals surface area contributed by atoms with Crippen LogP contribution in [0.15, 0.2) is 71.6 Å². The van der Waals surface area contributed by atoms with Gasteiger partial charge in [-0.3, -0.25) is 4.18 Å². The van der Waals surface area contributed by atoms with Gasteiger partial charge >= 0.3 is 0 Å². The van der Waals surface area contributed by atoms with Gasteiger partial charge in [-0.1, -0.05) is 48.0 Å². The molecule has 1 aliphatic heterocycles. The summed E-state index contributed by atoms with van der Waals surface area (Å²) in [6, 6.07) is 20.6. The van der Waals surface area contributed by atoms with Gasteiger partial charge in [0.25, 0.3) is 10.1 Å². The highest BCUT2D eigenvalue weighted by molar-refractivity contribution is 7.86. The van der Waals surface area contributed by atoms with Crippen LogP contribution in [-0.2, 0) is 33.7 Å². The normalized spacial score (nSPS) is 12.9. The lowest BCUT2D eigenvalue weighted by Gasteiger charge is -2.15. The Balaban J connectivity index is 1.41. The Kier molecular flexibility index (Phi) is 6.59. The molecule has 3 aromatic rings. The lowest BCUT2D eigenvalue weighted by Crippen LogP contribution is -2.09. The van der Waals surface area contributed by atoms with Crippen LogP contribution in [-0.4, -0.2) is 21.6 Å². The second-order valence-electron chi connectivity index (χ2n) is 7.58. The van der Waals surface area contributed by atoms with E-state index in [-0.39, 0.29) is 11.5 Å². The second-order valence-corrected chi connectivity index (χ2v) is 9.20. The lowest BCUT2D eigenvalue weighted by atomic mass is 9.99. The van der Waals surface area contributed by atoms with Crippen LogP contribution in [0.2, 0.25) is 0 Å². The Morgan fingerprint density at radius 3 is 2.52 bits per heavy atom. The molecule has 0 spiro atoms. The summed E-state index contributed by atoms with van der Waals surface area (Å²) in [5.41, 5.74) is 4.31. The van der Waals surface area contributed by atoms with Gasteiger partial charge in [0.05, 0.1) is 18.1 Å². The number of ether oxygens (including phenoxy) is 2. The standard InChI is InChI=1S/C25H26O5S/c1-19-9-11-21(12-10-19)31(26,27)30-16-5-8-22-23-15-17-28-24(23)13-14-25(22)29-18-20-6-3-2-4-7-20/h2-4,6-7,9-14H,5,8,15-18H2,1H3. The molecule has 1 aliphatic rings. The Bertz CT molecular complexity index is 1120. The van der Waals surface area contributed by atoms with E-state index in [1.54, 1.807) is 24.3 Å². The topological polar surface area (TPSA) is 61.8 Å². The molecule has 3 aromatic carbocycles. The Morgan fingerprint density at radius 2 is 1.74 bits per heavy atom. The van der Waals surface area contributed by atoms with E-state index in [1.807, 2.05) is 49.4 Å². The molecule has 0 N–H and O–H groups in total. The van der Waals surface area contributed by atoms with Gasteiger partial charge in [0.2, 0.25) is 0 Å². The predicted octanol–water partition coefficient (Wildman–Crippen LogP) is 4.85. The summed E-state index contributed by atoms with van der Waals surface area (Å²) in [6.07, 6.45) is 2.04. The molecule has 0 bridgehead atoms. The van der Waals surface area contributed by atoms with Crippen molar-refractivity contribution in [1.82, 2.24) is 0 Å². The Morgan fingerprint density at radius 1 is 0.968 bits per heavy atom. The molecule has 0 unspecified atom stereocenters. The van der Waals surface area contributed by atoms with Crippen LogP contribution in [0.3, 0.4) is 0 Å². The maximum absolute atomic E-state index is 12.4. The van der Waals surface area contributed by atoms with Crippen molar-refractivity contribution in [2.75, 3.05) is 13.2 Å². The molecule has 5 nitrogen and oxygen atoms in total. The maximum Gasteiger partial charge on any atom is 0.296 e. The number of fused-ring (bicyclic) bond motifs is 1. The number of benzene rings is 3. The quantitative estimate of drug-likeness (QED) is 0.353. The van der Waals surface area contributed by atoms with Crippen LogP contribution in [0, 0.1) is 6.92 Å². The summed E-state index contributed by atoms with van der Waals surface area (Å²) >= 11 is 0. The van der Waals surface area contributed by atoms with Gasteiger partial charge in [0, 0.05) is 17.5 Å². The second kappa shape index (κ2) is 9.54. The lowest BCUT2D eigenvalue weighted by molar-refractivity contribution is 0.296. The van der Waals surface area contributed by atoms with Crippen molar-refractivity contribution in [1.29, 1.82) is 0 Å². The molecule has 1 heterocycles. The van der Waals surface area contributed by atoms with Crippen LogP contribution in [0.4, 0.5) is 0 Å². The van der Waals surface area contributed by atoms with Crippen molar-refractivity contribution >= 4 is 10.1 Å². The zero-order valence-corrected chi connectivity index (χ0v) is 18.4. The van der Waals surface area contributed by atoms with Crippen LogP contribution in [0.5, 0.6) is 11.5 Å². The van der Waals surface area contributed by atoms with Crippen LogP contribution in [0.1, 0.15) is 28.7 Å². The summed E-state index contributed by atoms with van der Waals surface area (Å²) in [4.78, 5) is 0.180. The van der Waals surface area contributed by atoms with E-state index in [1.165, 1.54) is 0 Å². The van der Waals surface area contributed by atoms with E-state index in [0.29, 0.717) is 26.1 Å². The molecule has 4 rings (SSSR count). The van der Waals surface area contributed by atoms with Crippen molar-refractivity contribution in [3.05, 3.63) is 89.0 Å². The highest BCUT2D eigenvalue weighted by atomic mass is 32.2. The van der Waals surface area contributed by atoms with E-state index in [4.69, 9.17) is 13.7 Å². The minimum Gasteiger partial charge on any atom is -0.493 e. The summed E-state index contributed by atoms with van der Waals surface area (Å²) < 4.78 is 41.9. The molecule has 0 amide bonds. The third-order valence-electron chi connectivity index (χ3n) is 5.31. The van der Waals surface area contributed by atoms with Crippen molar-refractivity contribution in [2.24, 2.45) is 0 Å². The maximum atomic E-state index is 12.4. The van der Waals surface area contributed by atoms with E-state index in [2.05, 4.69) is 0 Å². The van der Waals surface area contributed by atoms with Crippen LogP contribution < -0.4 is 9.47 Å². The van der Waals surface area contributed by atoms with E-state index in [0.717, 1.165) is 40.2 Å². The summed E-state index contributed by atoms with van der Waals surface area (Å²) in [6.45, 7) is 3.16. The molecule has 0 saturated carbocycles. The fourth-order valence-corrected chi connectivity index (χ4v) is 4.60. The van der Waals surface area contributed by atoms with Crippen molar-refractivity contribution in [3.8, 4) is 11.5 Å².